The van der Waals surface area contributed by atoms with Gasteiger partial charge in [-0.05, 0) is 30.5 Å². The van der Waals surface area contributed by atoms with Gasteiger partial charge in [0, 0.05) is 13.7 Å². The highest BCUT2D eigenvalue weighted by molar-refractivity contribution is 6.42. The third-order valence-corrected chi connectivity index (χ3v) is 3.43. The molecular weight excluding hydrogens is 257 g/mol. The van der Waals surface area contributed by atoms with Crippen LogP contribution in [0.4, 0.5) is 0 Å². The van der Waals surface area contributed by atoms with Crippen LogP contribution in [0.2, 0.25) is 10.0 Å². The highest BCUT2D eigenvalue weighted by atomic mass is 35.5. The fourth-order valence-electron chi connectivity index (χ4n) is 1.68. The zero-order valence-corrected chi connectivity index (χ0v) is 11.8. The summed E-state index contributed by atoms with van der Waals surface area (Å²) in [5.41, 5.74) is 1.11. The highest BCUT2D eigenvalue weighted by Gasteiger charge is 2.08. The molecule has 1 rings (SSSR count). The van der Waals surface area contributed by atoms with Crippen LogP contribution in [0.3, 0.4) is 0 Å². The number of nitrogens with one attached hydrogen (secondary N) is 1. The van der Waals surface area contributed by atoms with Gasteiger partial charge in [0.1, 0.15) is 0 Å². The Balaban J connectivity index is 2.39. The first-order valence-corrected chi connectivity index (χ1v) is 6.53. The van der Waals surface area contributed by atoms with E-state index in [2.05, 4.69) is 12.2 Å². The van der Waals surface area contributed by atoms with E-state index in [-0.39, 0.29) is 0 Å². The van der Waals surface area contributed by atoms with Crippen LogP contribution in [0.15, 0.2) is 18.2 Å². The maximum Gasteiger partial charge on any atom is 0.0624 e. The minimum absolute atomic E-state index is 0.517. The predicted molar refractivity (Wildman–Crippen MR) is 74.1 cm³/mol. The Morgan fingerprint density at radius 2 is 2.12 bits per heavy atom. The molecule has 0 aromatic heterocycles. The van der Waals surface area contributed by atoms with Crippen molar-refractivity contribution < 1.29 is 4.74 Å². The minimum atomic E-state index is 0.517. The van der Waals surface area contributed by atoms with Gasteiger partial charge in [-0.15, -0.1) is 0 Å². The van der Waals surface area contributed by atoms with Crippen molar-refractivity contribution in [1.82, 2.24) is 5.32 Å². The molecule has 0 spiro atoms. The molecule has 17 heavy (non-hydrogen) atoms. The lowest BCUT2D eigenvalue weighted by molar-refractivity contribution is 0.198. The van der Waals surface area contributed by atoms with Gasteiger partial charge in [-0.25, -0.2) is 0 Å². The van der Waals surface area contributed by atoms with E-state index in [0.717, 1.165) is 31.7 Å². The van der Waals surface area contributed by atoms with Crippen molar-refractivity contribution in [3.63, 3.8) is 0 Å². The smallest absolute Gasteiger partial charge is 0.0624 e. The van der Waals surface area contributed by atoms with Crippen LogP contribution >= 0.6 is 23.2 Å². The van der Waals surface area contributed by atoms with E-state index in [1.807, 2.05) is 18.2 Å². The molecule has 0 amide bonds. The van der Waals surface area contributed by atoms with Gasteiger partial charge in [0.05, 0.1) is 16.7 Å². The molecule has 0 bridgehead atoms. The molecule has 0 heterocycles. The molecule has 4 heteroatoms. The van der Waals surface area contributed by atoms with E-state index in [1.54, 1.807) is 7.11 Å². The Kier molecular flexibility index (Phi) is 6.90. The fourth-order valence-corrected chi connectivity index (χ4v) is 2.07. The first kappa shape index (κ1) is 14.8. The molecule has 0 aliphatic carbocycles. The SMILES string of the molecule is COCCNCC(C)Cc1cccc(Cl)c1Cl. The zero-order valence-electron chi connectivity index (χ0n) is 10.3. The fraction of sp³-hybridized carbons (Fsp3) is 0.538. The topological polar surface area (TPSA) is 21.3 Å². The van der Waals surface area contributed by atoms with E-state index < -0.39 is 0 Å². The standard InChI is InChI=1S/C13H19Cl2NO/c1-10(9-16-6-7-17-2)8-11-4-3-5-12(14)13(11)15/h3-5,10,16H,6-9H2,1-2H3. The second kappa shape index (κ2) is 7.93. The number of hydrogen-bond acceptors (Lipinski definition) is 2. The summed E-state index contributed by atoms with van der Waals surface area (Å²) in [6, 6.07) is 5.78. The average molecular weight is 276 g/mol. The van der Waals surface area contributed by atoms with Crippen LogP contribution in [0.5, 0.6) is 0 Å². The van der Waals surface area contributed by atoms with E-state index >= 15 is 0 Å². The second-order valence-corrected chi connectivity index (χ2v) is 5.00. The maximum absolute atomic E-state index is 6.15. The van der Waals surface area contributed by atoms with Crippen molar-refractivity contribution >= 4 is 23.2 Å². The third-order valence-electron chi connectivity index (χ3n) is 2.58. The van der Waals surface area contributed by atoms with Gasteiger partial charge < -0.3 is 10.1 Å². The first-order valence-electron chi connectivity index (χ1n) is 5.77. The van der Waals surface area contributed by atoms with E-state index in [9.17, 15) is 0 Å². The summed E-state index contributed by atoms with van der Waals surface area (Å²) in [6.07, 6.45) is 0.930. The molecule has 1 atom stereocenters. The van der Waals surface area contributed by atoms with Crippen LogP contribution in [0, 0.1) is 5.92 Å². The maximum atomic E-state index is 6.15. The lowest BCUT2D eigenvalue weighted by atomic mass is 10.0. The molecule has 96 valence electrons. The summed E-state index contributed by atoms with van der Waals surface area (Å²) < 4.78 is 4.98. The summed E-state index contributed by atoms with van der Waals surface area (Å²) in [7, 11) is 1.71. The lowest BCUT2D eigenvalue weighted by Crippen LogP contribution is -2.25. The first-order chi connectivity index (χ1) is 8.15. The van der Waals surface area contributed by atoms with Gasteiger partial charge in [-0.2, -0.15) is 0 Å². The van der Waals surface area contributed by atoms with Crippen LogP contribution < -0.4 is 5.32 Å². The van der Waals surface area contributed by atoms with Crippen molar-refractivity contribution in [3.05, 3.63) is 33.8 Å². The molecule has 0 fully saturated rings. The Labute approximate surface area is 113 Å². The molecule has 1 N–H and O–H groups in total. The molecular formula is C13H19Cl2NO. The third kappa shape index (κ3) is 5.26. The number of ether oxygens (including phenoxy) is 1. The zero-order chi connectivity index (χ0) is 12.7. The Bertz CT molecular complexity index is 344. The van der Waals surface area contributed by atoms with Crippen LogP contribution in [0.25, 0.3) is 0 Å². The van der Waals surface area contributed by atoms with Gasteiger partial charge in [0.2, 0.25) is 0 Å². The Morgan fingerprint density at radius 1 is 1.35 bits per heavy atom. The van der Waals surface area contributed by atoms with Gasteiger partial charge >= 0.3 is 0 Å². The summed E-state index contributed by atoms with van der Waals surface area (Å²) in [5.74, 6) is 0.517. The molecule has 1 unspecified atom stereocenters. The number of hydrogen-bond donors (Lipinski definition) is 1. The lowest BCUT2D eigenvalue weighted by Gasteiger charge is -2.14. The number of rotatable bonds is 7. The molecule has 2 nitrogen and oxygen atoms in total. The van der Waals surface area contributed by atoms with Crippen molar-refractivity contribution in [2.45, 2.75) is 13.3 Å². The molecule has 1 aromatic carbocycles. The van der Waals surface area contributed by atoms with Crippen molar-refractivity contribution in [3.8, 4) is 0 Å². The summed E-state index contributed by atoms with van der Waals surface area (Å²) in [5, 5.41) is 4.65. The van der Waals surface area contributed by atoms with Gasteiger partial charge in [0.15, 0.2) is 0 Å². The van der Waals surface area contributed by atoms with E-state index in [4.69, 9.17) is 27.9 Å². The largest absolute Gasteiger partial charge is 0.383 e. The van der Waals surface area contributed by atoms with Crippen LogP contribution in [-0.2, 0) is 11.2 Å². The predicted octanol–water partition coefficient (Wildman–Crippen LogP) is 3.41. The molecule has 0 aliphatic heterocycles. The molecule has 1 aromatic rings. The minimum Gasteiger partial charge on any atom is -0.383 e. The van der Waals surface area contributed by atoms with Crippen molar-refractivity contribution in [2.24, 2.45) is 5.92 Å². The number of halogens is 2. The molecule has 0 radical (unpaired) electrons. The number of methoxy groups -OCH3 is 1. The summed E-state index contributed by atoms with van der Waals surface area (Å²) in [6.45, 7) is 4.76. The van der Waals surface area contributed by atoms with Crippen LogP contribution in [-0.4, -0.2) is 26.8 Å². The molecule has 0 saturated carbocycles. The average Bonchev–Trinajstić information content (AvgIpc) is 2.31. The van der Waals surface area contributed by atoms with Gasteiger partial charge in [0.25, 0.3) is 0 Å². The quantitative estimate of drug-likeness (QED) is 0.771. The summed E-state index contributed by atoms with van der Waals surface area (Å²) in [4.78, 5) is 0. The van der Waals surface area contributed by atoms with E-state index in [1.165, 1.54) is 0 Å². The van der Waals surface area contributed by atoms with Gasteiger partial charge in [-0.1, -0.05) is 42.3 Å². The Hall–Kier alpha value is -0.280. The second-order valence-electron chi connectivity index (χ2n) is 4.22. The number of benzene rings is 1. The normalized spacial score (nSPS) is 12.7. The van der Waals surface area contributed by atoms with Crippen molar-refractivity contribution in [1.29, 1.82) is 0 Å². The molecule has 0 saturated heterocycles. The highest BCUT2D eigenvalue weighted by Crippen LogP contribution is 2.27. The van der Waals surface area contributed by atoms with E-state index in [0.29, 0.717) is 16.0 Å². The van der Waals surface area contributed by atoms with Crippen molar-refractivity contribution in [2.75, 3.05) is 26.8 Å². The Morgan fingerprint density at radius 3 is 2.82 bits per heavy atom. The monoisotopic (exact) mass is 275 g/mol. The van der Waals surface area contributed by atoms with Gasteiger partial charge in [-0.3, -0.25) is 0 Å². The van der Waals surface area contributed by atoms with Crippen LogP contribution in [0.1, 0.15) is 12.5 Å². The molecule has 0 aliphatic rings. The summed E-state index contributed by atoms with van der Waals surface area (Å²) >= 11 is 12.1.